The Labute approximate surface area is 157 Å². The van der Waals surface area contributed by atoms with Gasteiger partial charge in [-0.05, 0) is 46.7 Å². The highest BCUT2D eigenvalue weighted by molar-refractivity contribution is 5.72. The maximum Gasteiger partial charge on any atom is 0.320 e. The Morgan fingerprint density at radius 2 is 1.12 bits per heavy atom. The van der Waals surface area contributed by atoms with Crippen LogP contribution >= 0.6 is 0 Å². The molecule has 3 nitrogen and oxygen atoms in total. The number of hydrogen-bond donors (Lipinski definition) is 0. The molecule has 0 unspecified atom stereocenters. The second kappa shape index (κ2) is 15.7. The molecule has 150 valence electrons. The lowest BCUT2D eigenvalue weighted by Gasteiger charge is -2.25. The van der Waals surface area contributed by atoms with Gasteiger partial charge in [-0.15, -0.1) is 0 Å². The van der Waals surface area contributed by atoms with Crippen molar-refractivity contribution in [3.05, 3.63) is 0 Å². The molecule has 0 bridgehead atoms. The van der Waals surface area contributed by atoms with Gasteiger partial charge in [0.15, 0.2) is 0 Å². The third-order valence-corrected chi connectivity index (χ3v) is 4.43. The highest BCUT2D eigenvalue weighted by atomic mass is 16.6. The molecule has 0 aliphatic heterocycles. The second-order valence-corrected chi connectivity index (χ2v) is 8.40. The van der Waals surface area contributed by atoms with Gasteiger partial charge in [-0.25, -0.2) is 0 Å². The summed E-state index contributed by atoms with van der Waals surface area (Å²) in [6.45, 7) is 12.8. The summed E-state index contributed by atoms with van der Waals surface area (Å²) in [6.07, 6.45) is 15.6. The zero-order valence-electron chi connectivity index (χ0n) is 17.9. The van der Waals surface area contributed by atoms with Crippen molar-refractivity contribution in [3.63, 3.8) is 0 Å². The van der Waals surface area contributed by atoms with E-state index in [1.165, 1.54) is 77.0 Å². The fourth-order valence-electron chi connectivity index (χ4n) is 3.06. The Hall–Kier alpha value is -0.570. The number of rotatable bonds is 16. The Balaban J connectivity index is 4.10. The summed E-state index contributed by atoms with van der Waals surface area (Å²) in [7, 11) is 0. The largest absolute Gasteiger partial charge is 0.459 e. The summed E-state index contributed by atoms with van der Waals surface area (Å²) in [5.74, 6) is -0.0792. The van der Waals surface area contributed by atoms with Crippen molar-refractivity contribution in [2.75, 3.05) is 19.6 Å². The standard InChI is InChI=1S/C22H45NO2/c1-6-8-10-12-14-16-18-23(19-17-15-13-11-9-7-2)20-21(24)25-22(3,4)5/h6-20H2,1-5H3. The first-order chi connectivity index (χ1) is 11.9. The second-order valence-electron chi connectivity index (χ2n) is 8.40. The number of hydrogen-bond acceptors (Lipinski definition) is 3. The van der Waals surface area contributed by atoms with Crippen LogP contribution in [0.15, 0.2) is 0 Å². The summed E-state index contributed by atoms with van der Waals surface area (Å²) < 4.78 is 5.51. The molecule has 3 heteroatoms. The molecule has 0 atom stereocenters. The van der Waals surface area contributed by atoms with Crippen molar-refractivity contribution in [1.29, 1.82) is 0 Å². The lowest BCUT2D eigenvalue weighted by Crippen LogP contribution is -2.36. The monoisotopic (exact) mass is 355 g/mol. The molecule has 25 heavy (non-hydrogen) atoms. The van der Waals surface area contributed by atoms with Crippen molar-refractivity contribution in [3.8, 4) is 0 Å². The molecule has 0 amide bonds. The van der Waals surface area contributed by atoms with Crippen LogP contribution in [0.25, 0.3) is 0 Å². The third-order valence-electron chi connectivity index (χ3n) is 4.43. The zero-order valence-corrected chi connectivity index (χ0v) is 17.9. The van der Waals surface area contributed by atoms with Gasteiger partial charge in [0.2, 0.25) is 0 Å². The number of carbonyl (C=O) groups is 1. The molecule has 0 fully saturated rings. The fourth-order valence-corrected chi connectivity index (χ4v) is 3.06. The molecule has 0 spiro atoms. The summed E-state index contributed by atoms with van der Waals surface area (Å²) in [4.78, 5) is 14.5. The van der Waals surface area contributed by atoms with Crippen LogP contribution in [0.5, 0.6) is 0 Å². The van der Waals surface area contributed by atoms with Crippen LogP contribution in [0.2, 0.25) is 0 Å². The summed E-state index contributed by atoms with van der Waals surface area (Å²) in [5, 5.41) is 0. The van der Waals surface area contributed by atoms with Crippen molar-refractivity contribution in [2.24, 2.45) is 0 Å². The van der Waals surface area contributed by atoms with Gasteiger partial charge in [-0.1, -0.05) is 78.1 Å². The molecule has 0 radical (unpaired) electrons. The number of ether oxygens (including phenoxy) is 1. The average molecular weight is 356 g/mol. The molecule has 0 heterocycles. The Kier molecular flexibility index (Phi) is 15.3. The number of carbonyl (C=O) groups excluding carboxylic acids is 1. The minimum Gasteiger partial charge on any atom is -0.459 e. The molecule has 0 aliphatic rings. The summed E-state index contributed by atoms with van der Waals surface area (Å²) >= 11 is 0. The van der Waals surface area contributed by atoms with Gasteiger partial charge in [0, 0.05) is 0 Å². The molecular weight excluding hydrogens is 310 g/mol. The van der Waals surface area contributed by atoms with Gasteiger partial charge in [-0.2, -0.15) is 0 Å². The minimum atomic E-state index is -0.386. The van der Waals surface area contributed by atoms with E-state index in [1.807, 2.05) is 20.8 Å². The van der Waals surface area contributed by atoms with Crippen LogP contribution in [-0.2, 0) is 9.53 Å². The van der Waals surface area contributed by atoms with E-state index in [9.17, 15) is 4.79 Å². The van der Waals surface area contributed by atoms with E-state index in [1.54, 1.807) is 0 Å². The molecule has 0 aromatic carbocycles. The van der Waals surface area contributed by atoms with E-state index >= 15 is 0 Å². The number of esters is 1. The maximum absolute atomic E-state index is 12.2. The van der Waals surface area contributed by atoms with E-state index in [4.69, 9.17) is 4.74 Å². The van der Waals surface area contributed by atoms with Gasteiger partial charge in [-0.3, -0.25) is 9.69 Å². The maximum atomic E-state index is 12.2. The van der Waals surface area contributed by atoms with Gasteiger partial charge in [0.05, 0.1) is 6.54 Å². The van der Waals surface area contributed by atoms with Crippen LogP contribution < -0.4 is 0 Å². The summed E-state index contributed by atoms with van der Waals surface area (Å²) in [5.41, 5.74) is -0.386. The van der Waals surface area contributed by atoms with Crippen molar-refractivity contribution < 1.29 is 9.53 Å². The predicted molar refractivity (Wildman–Crippen MR) is 109 cm³/mol. The van der Waals surface area contributed by atoms with Gasteiger partial charge in [0.25, 0.3) is 0 Å². The SMILES string of the molecule is CCCCCCCCN(CCCCCCCC)CC(=O)OC(C)(C)C. The highest BCUT2D eigenvalue weighted by Gasteiger charge is 2.18. The quantitative estimate of drug-likeness (QED) is 0.238. The van der Waals surface area contributed by atoms with Crippen LogP contribution in [0, 0.1) is 0 Å². The van der Waals surface area contributed by atoms with Crippen molar-refractivity contribution >= 4 is 5.97 Å². The minimum absolute atomic E-state index is 0.0792. The lowest BCUT2D eigenvalue weighted by atomic mass is 10.1. The van der Waals surface area contributed by atoms with E-state index in [0.717, 1.165) is 13.1 Å². The van der Waals surface area contributed by atoms with Gasteiger partial charge in [0.1, 0.15) is 5.60 Å². The highest BCUT2D eigenvalue weighted by Crippen LogP contribution is 2.11. The first-order valence-corrected chi connectivity index (χ1v) is 10.8. The molecule has 0 aromatic rings. The predicted octanol–water partition coefficient (Wildman–Crippen LogP) is 6.35. The van der Waals surface area contributed by atoms with Crippen molar-refractivity contribution in [1.82, 2.24) is 4.90 Å². The van der Waals surface area contributed by atoms with Crippen LogP contribution in [0.3, 0.4) is 0 Å². The van der Waals surface area contributed by atoms with Crippen LogP contribution in [-0.4, -0.2) is 36.1 Å². The van der Waals surface area contributed by atoms with E-state index < -0.39 is 0 Å². The van der Waals surface area contributed by atoms with Crippen LogP contribution in [0.1, 0.15) is 112 Å². The zero-order chi connectivity index (χ0) is 19.0. The smallest absolute Gasteiger partial charge is 0.320 e. The molecule has 0 aliphatic carbocycles. The molecule has 0 N–H and O–H groups in total. The van der Waals surface area contributed by atoms with Gasteiger partial charge >= 0.3 is 5.97 Å². The van der Waals surface area contributed by atoms with Crippen LogP contribution in [0.4, 0.5) is 0 Å². The molecule has 0 rings (SSSR count). The first kappa shape index (κ1) is 24.4. The lowest BCUT2D eigenvalue weighted by molar-refractivity contribution is -0.156. The molecule has 0 aromatic heterocycles. The molecule has 0 saturated carbocycles. The molecular formula is C22H45NO2. The number of unbranched alkanes of at least 4 members (excludes halogenated alkanes) is 10. The first-order valence-electron chi connectivity index (χ1n) is 10.8. The Morgan fingerprint density at radius 1 is 0.720 bits per heavy atom. The average Bonchev–Trinajstić information content (AvgIpc) is 2.51. The Bertz CT molecular complexity index is 294. The van der Waals surface area contributed by atoms with E-state index in [-0.39, 0.29) is 11.6 Å². The third kappa shape index (κ3) is 18.0. The normalized spacial score (nSPS) is 11.9. The van der Waals surface area contributed by atoms with Gasteiger partial charge < -0.3 is 4.74 Å². The summed E-state index contributed by atoms with van der Waals surface area (Å²) in [6, 6.07) is 0. The topological polar surface area (TPSA) is 29.5 Å². The number of nitrogens with zero attached hydrogens (tertiary/aromatic N) is 1. The molecule has 0 saturated heterocycles. The van der Waals surface area contributed by atoms with E-state index in [2.05, 4.69) is 18.7 Å². The fraction of sp³-hybridized carbons (Fsp3) is 0.955. The van der Waals surface area contributed by atoms with Crippen molar-refractivity contribution in [2.45, 2.75) is 117 Å². The Morgan fingerprint density at radius 3 is 1.52 bits per heavy atom. The van der Waals surface area contributed by atoms with E-state index in [0.29, 0.717) is 6.54 Å².